The Balaban J connectivity index is 2.45. The van der Waals surface area contributed by atoms with Crippen molar-refractivity contribution in [1.29, 1.82) is 0 Å². The SMILES string of the molecule is CC#Cc1cnc(-c2ccccc2)nc1N. The van der Waals surface area contributed by atoms with Crippen molar-refractivity contribution in [3.63, 3.8) is 0 Å². The van der Waals surface area contributed by atoms with Gasteiger partial charge < -0.3 is 5.73 Å². The normalized spacial score (nSPS) is 9.31. The molecular formula is C13H11N3. The van der Waals surface area contributed by atoms with Crippen LogP contribution in [-0.4, -0.2) is 9.97 Å². The Morgan fingerprint density at radius 1 is 1.19 bits per heavy atom. The topological polar surface area (TPSA) is 51.8 Å². The summed E-state index contributed by atoms with van der Waals surface area (Å²) in [6.45, 7) is 1.75. The van der Waals surface area contributed by atoms with Crippen LogP contribution in [0.2, 0.25) is 0 Å². The maximum absolute atomic E-state index is 5.79. The molecule has 16 heavy (non-hydrogen) atoms. The molecule has 3 heteroatoms. The summed E-state index contributed by atoms with van der Waals surface area (Å²) in [7, 11) is 0. The summed E-state index contributed by atoms with van der Waals surface area (Å²) in [6, 6.07) is 9.72. The summed E-state index contributed by atoms with van der Waals surface area (Å²) in [5, 5.41) is 0. The Hall–Kier alpha value is -2.34. The third-order valence-corrected chi connectivity index (χ3v) is 2.11. The fourth-order valence-electron chi connectivity index (χ4n) is 1.35. The van der Waals surface area contributed by atoms with E-state index in [1.165, 1.54) is 0 Å². The smallest absolute Gasteiger partial charge is 0.161 e. The van der Waals surface area contributed by atoms with E-state index in [2.05, 4.69) is 21.8 Å². The first-order chi connectivity index (χ1) is 7.81. The summed E-state index contributed by atoms with van der Waals surface area (Å²) in [6.07, 6.45) is 1.65. The largest absolute Gasteiger partial charge is 0.383 e. The molecule has 0 fully saturated rings. The Labute approximate surface area is 94.4 Å². The van der Waals surface area contributed by atoms with Gasteiger partial charge in [-0.25, -0.2) is 9.97 Å². The first-order valence-corrected chi connectivity index (χ1v) is 4.92. The zero-order chi connectivity index (χ0) is 11.4. The van der Waals surface area contributed by atoms with Crippen LogP contribution in [0, 0.1) is 11.8 Å². The predicted molar refractivity (Wildman–Crippen MR) is 64.4 cm³/mol. The van der Waals surface area contributed by atoms with Crippen molar-refractivity contribution in [3.8, 4) is 23.2 Å². The standard InChI is InChI=1S/C13H11N3/c1-2-6-11-9-15-13(16-12(11)14)10-7-4-3-5-8-10/h3-5,7-9H,1H3,(H2,14,15,16). The molecule has 2 N–H and O–H groups in total. The zero-order valence-electron chi connectivity index (χ0n) is 8.94. The minimum absolute atomic E-state index is 0.420. The molecule has 78 valence electrons. The molecule has 0 aliphatic carbocycles. The van der Waals surface area contributed by atoms with Gasteiger partial charge in [0.05, 0.1) is 5.56 Å². The Morgan fingerprint density at radius 3 is 2.56 bits per heavy atom. The summed E-state index contributed by atoms with van der Waals surface area (Å²) < 4.78 is 0. The van der Waals surface area contributed by atoms with Gasteiger partial charge in [-0.15, -0.1) is 5.92 Å². The number of rotatable bonds is 1. The van der Waals surface area contributed by atoms with Crippen LogP contribution in [0.4, 0.5) is 5.82 Å². The molecule has 0 bridgehead atoms. The van der Waals surface area contributed by atoms with Gasteiger partial charge in [0.25, 0.3) is 0 Å². The highest BCUT2D eigenvalue weighted by Gasteiger charge is 2.03. The summed E-state index contributed by atoms with van der Waals surface area (Å²) in [4.78, 5) is 8.46. The highest BCUT2D eigenvalue weighted by atomic mass is 14.9. The highest BCUT2D eigenvalue weighted by molar-refractivity contribution is 5.59. The van der Waals surface area contributed by atoms with E-state index in [-0.39, 0.29) is 0 Å². The Bertz CT molecular complexity index is 550. The molecule has 2 rings (SSSR count). The third kappa shape index (κ3) is 2.01. The van der Waals surface area contributed by atoms with Crippen LogP contribution >= 0.6 is 0 Å². The quantitative estimate of drug-likeness (QED) is 0.732. The van der Waals surface area contributed by atoms with Crippen molar-refractivity contribution in [1.82, 2.24) is 9.97 Å². The van der Waals surface area contributed by atoms with Crippen molar-refractivity contribution in [2.24, 2.45) is 0 Å². The van der Waals surface area contributed by atoms with E-state index in [0.29, 0.717) is 17.2 Å². The zero-order valence-corrected chi connectivity index (χ0v) is 8.94. The first-order valence-electron chi connectivity index (χ1n) is 4.92. The molecule has 0 radical (unpaired) electrons. The lowest BCUT2D eigenvalue weighted by atomic mass is 10.2. The molecule has 0 unspecified atom stereocenters. The molecular weight excluding hydrogens is 198 g/mol. The Morgan fingerprint density at radius 2 is 1.94 bits per heavy atom. The van der Waals surface area contributed by atoms with E-state index in [1.54, 1.807) is 13.1 Å². The number of nitrogens with two attached hydrogens (primary N) is 1. The molecule has 1 aromatic carbocycles. The molecule has 0 saturated heterocycles. The molecule has 2 aromatic rings. The average molecular weight is 209 g/mol. The number of anilines is 1. The lowest BCUT2D eigenvalue weighted by molar-refractivity contribution is 1.17. The van der Waals surface area contributed by atoms with Gasteiger partial charge in [0, 0.05) is 11.8 Å². The molecule has 0 spiro atoms. The van der Waals surface area contributed by atoms with Crippen LogP contribution in [0.25, 0.3) is 11.4 Å². The van der Waals surface area contributed by atoms with Crippen molar-refractivity contribution < 1.29 is 0 Å². The van der Waals surface area contributed by atoms with E-state index in [1.807, 2.05) is 30.3 Å². The number of hydrogen-bond acceptors (Lipinski definition) is 3. The molecule has 0 aliphatic rings. The molecule has 0 amide bonds. The van der Waals surface area contributed by atoms with Gasteiger partial charge >= 0.3 is 0 Å². The minimum atomic E-state index is 0.420. The molecule has 0 saturated carbocycles. The second kappa shape index (κ2) is 4.45. The lowest BCUT2D eigenvalue weighted by Gasteiger charge is -2.02. The third-order valence-electron chi connectivity index (χ3n) is 2.11. The fourth-order valence-corrected chi connectivity index (χ4v) is 1.35. The number of benzene rings is 1. The van der Waals surface area contributed by atoms with E-state index < -0.39 is 0 Å². The first kappa shape index (κ1) is 10.2. The lowest BCUT2D eigenvalue weighted by Crippen LogP contribution is -1.98. The van der Waals surface area contributed by atoms with Crippen LogP contribution in [0.3, 0.4) is 0 Å². The number of aromatic nitrogens is 2. The van der Waals surface area contributed by atoms with E-state index in [0.717, 1.165) is 5.56 Å². The average Bonchev–Trinajstić information content (AvgIpc) is 2.33. The van der Waals surface area contributed by atoms with Crippen LogP contribution in [0.15, 0.2) is 36.5 Å². The molecule has 0 atom stereocenters. The maximum atomic E-state index is 5.79. The van der Waals surface area contributed by atoms with Gasteiger partial charge in [-0.3, -0.25) is 0 Å². The highest BCUT2D eigenvalue weighted by Crippen LogP contribution is 2.16. The van der Waals surface area contributed by atoms with Crippen molar-refractivity contribution in [2.75, 3.05) is 5.73 Å². The summed E-state index contributed by atoms with van der Waals surface area (Å²) >= 11 is 0. The van der Waals surface area contributed by atoms with Crippen molar-refractivity contribution in [3.05, 3.63) is 42.1 Å². The van der Waals surface area contributed by atoms with Crippen molar-refractivity contribution in [2.45, 2.75) is 6.92 Å². The van der Waals surface area contributed by atoms with Gasteiger partial charge in [0.2, 0.25) is 0 Å². The summed E-state index contributed by atoms with van der Waals surface area (Å²) in [5.74, 6) is 6.67. The van der Waals surface area contributed by atoms with Gasteiger partial charge in [-0.1, -0.05) is 36.3 Å². The van der Waals surface area contributed by atoms with Crippen molar-refractivity contribution >= 4 is 5.82 Å². The molecule has 0 aliphatic heterocycles. The Kier molecular flexibility index (Phi) is 2.84. The van der Waals surface area contributed by atoms with Gasteiger partial charge in [0.15, 0.2) is 5.82 Å². The second-order valence-electron chi connectivity index (χ2n) is 3.23. The number of nitrogens with zero attached hydrogens (tertiary/aromatic N) is 2. The number of nitrogen functional groups attached to an aromatic ring is 1. The van der Waals surface area contributed by atoms with Crippen LogP contribution in [-0.2, 0) is 0 Å². The fraction of sp³-hybridized carbons (Fsp3) is 0.0769. The molecule has 1 aromatic heterocycles. The monoisotopic (exact) mass is 209 g/mol. The van der Waals surface area contributed by atoms with E-state index in [4.69, 9.17) is 5.73 Å². The molecule has 3 nitrogen and oxygen atoms in total. The van der Waals surface area contributed by atoms with E-state index >= 15 is 0 Å². The van der Waals surface area contributed by atoms with Crippen LogP contribution < -0.4 is 5.73 Å². The van der Waals surface area contributed by atoms with Crippen LogP contribution in [0.5, 0.6) is 0 Å². The van der Waals surface area contributed by atoms with E-state index in [9.17, 15) is 0 Å². The van der Waals surface area contributed by atoms with Gasteiger partial charge in [-0.2, -0.15) is 0 Å². The number of hydrogen-bond donors (Lipinski definition) is 1. The van der Waals surface area contributed by atoms with Gasteiger partial charge in [-0.05, 0) is 6.92 Å². The maximum Gasteiger partial charge on any atom is 0.161 e. The predicted octanol–water partition coefficient (Wildman–Crippen LogP) is 2.10. The second-order valence-corrected chi connectivity index (χ2v) is 3.23. The minimum Gasteiger partial charge on any atom is -0.383 e. The summed E-state index contributed by atoms with van der Waals surface area (Å²) in [5.41, 5.74) is 7.41. The van der Waals surface area contributed by atoms with Gasteiger partial charge in [0.1, 0.15) is 5.82 Å². The molecule has 1 heterocycles. The van der Waals surface area contributed by atoms with Crippen LogP contribution in [0.1, 0.15) is 12.5 Å².